The highest BCUT2D eigenvalue weighted by Gasteiger charge is 2.32. The smallest absolute Gasteiger partial charge is 0.343 e. The van der Waals surface area contributed by atoms with E-state index in [1.54, 1.807) is 0 Å². The zero-order chi connectivity index (χ0) is 12.1. The van der Waals surface area contributed by atoms with Gasteiger partial charge in [-0.2, -0.15) is 0 Å². The first kappa shape index (κ1) is 13.9. The third kappa shape index (κ3) is 3.18. The molecule has 0 aliphatic carbocycles. The quantitative estimate of drug-likeness (QED) is 0.608. The van der Waals surface area contributed by atoms with Gasteiger partial charge in [-0.1, -0.05) is 42.1 Å². The lowest BCUT2D eigenvalue weighted by Gasteiger charge is -2.08. The second kappa shape index (κ2) is 6.57. The van der Waals surface area contributed by atoms with Crippen LogP contribution in [-0.2, 0) is 9.53 Å². The van der Waals surface area contributed by atoms with Gasteiger partial charge in [-0.05, 0) is 22.4 Å². The summed E-state index contributed by atoms with van der Waals surface area (Å²) in [5.41, 5.74) is 0.321. The SMILES string of the molecule is CCCCCC(O)C1=C(Br)C(=CBr)OC1=O. The van der Waals surface area contributed by atoms with Gasteiger partial charge in [-0.25, -0.2) is 4.79 Å². The molecule has 1 N–H and O–H groups in total. The second-order valence-electron chi connectivity index (χ2n) is 3.60. The summed E-state index contributed by atoms with van der Waals surface area (Å²) in [6.45, 7) is 2.09. The van der Waals surface area contributed by atoms with E-state index in [0.717, 1.165) is 19.3 Å². The number of hydrogen-bond acceptors (Lipinski definition) is 3. The van der Waals surface area contributed by atoms with Crippen LogP contribution in [0.2, 0.25) is 0 Å². The van der Waals surface area contributed by atoms with Crippen LogP contribution < -0.4 is 0 Å². The summed E-state index contributed by atoms with van der Waals surface area (Å²) in [5.74, 6) is -0.0592. The molecule has 0 amide bonds. The van der Waals surface area contributed by atoms with Crippen molar-refractivity contribution < 1.29 is 14.6 Å². The van der Waals surface area contributed by atoms with Crippen LogP contribution in [0.25, 0.3) is 0 Å². The average Bonchev–Trinajstić information content (AvgIpc) is 2.54. The summed E-state index contributed by atoms with van der Waals surface area (Å²) in [7, 11) is 0. The number of aliphatic hydroxyl groups excluding tert-OH is 1. The Morgan fingerprint density at radius 1 is 1.50 bits per heavy atom. The van der Waals surface area contributed by atoms with Crippen molar-refractivity contribution in [2.24, 2.45) is 0 Å². The molecular weight excluding hydrogens is 340 g/mol. The number of rotatable bonds is 5. The Balaban J connectivity index is 2.70. The van der Waals surface area contributed by atoms with Crippen LogP contribution in [0, 0.1) is 0 Å². The lowest BCUT2D eigenvalue weighted by atomic mass is 10.0. The van der Waals surface area contributed by atoms with Gasteiger partial charge in [0, 0.05) is 4.99 Å². The van der Waals surface area contributed by atoms with Crippen molar-refractivity contribution in [3.05, 3.63) is 20.8 Å². The Bertz CT molecular complexity index is 334. The molecule has 0 saturated heterocycles. The highest BCUT2D eigenvalue weighted by atomic mass is 79.9. The Kier molecular flexibility index (Phi) is 5.72. The van der Waals surface area contributed by atoms with Crippen LogP contribution in [0.4, 0.5) is 0 Å². The van der Waals surface area contributed by atoms with Gasteiger partial charge in [0.25, 0.3) is 0 Å². The minimum absolute atomic E-state index is 0.321. The maximum atomic E-state index is 11.5. The minimum Gasteiger partial charge on any atom is -0.421 e. The number of aliphatic hydroxyl groups is 1. The predicted octanol–water partition coefficient (Wildman–Crippen LogP) is 3.37. The zero-order valence-corrected chi connectivity index (χ0v) is 12.2. The van der Waals surface area contributed by atoms with Gasteiger partial charge in [0.15, 0.2) is 5.76 Å². The fraction of sp³-hybridized carbons (Fsp3) is 0.545. The van der Waals surface area contributed by atoms with E-state index in [4.69, 9.17) is 4.74 Å². The molecule has 0 aromatic heterocycles. The van der Waals surface area contributed by atoms with E-state index in [0.29, 0.717) is 22.2 Å². The fourth-order valence-electron chi connectivity index (χ4n) is 1.51. The Morgan fingerprint density at radius 2 is 2.19 bits per heavy atom. The monoisotopic (exact) mass is 352 g/mol. The lowest BCUT2D eigenvalue weighted by molar-refractivity contribution is -0.134. The van der Waals surface area contributed by atoms with Crippen LogP contribution in [-0.4, -0.2) is 17.2 Å². The minimum atomic E-state index is -0.752. The van der Waals surface area contributed by atoms with Crippen molar-refractivity contribution in [1.82, 2.24) is 0 Å². The molecule has 0 fully saturated rings. The molecule has 16 heavy (non-hydrogen) atoms. The second-order valence-corrected chi connectivity index (χ2v) is 4.85. The molecule has 0 spiro atoms. The topological polar surface area (TPSA) is 46.5 Å². The van der Waals surface area contributed by atoms with Crippen molar-refractivity contribution >= 4 is 37.8 Å². The number of carbonyl (C=O) groups is 1. The van der Waals surface area contributed by atoms with Crippen molar-refractivity contribution in [2.75, 3.05) is 0 Å². The van der Waals surface area contributed by atoms with E-state index >= 15 is 0 Å². The van der Waals surface area contributed by atoms with E-state index in [2.05, 4.69) is 38.8 Å². The number of hydrogen-bond donors (Lipinski definition) is 1. The van der Waals surface area contributed by atoms with Crippen LogP contribution in [0.5, 0.6) is 0 Å². The number of carbonyl (C=O) groups excluding carboxylic acids is 1. The van der Waals surface area contributed by atoms with E-state index < -0.39 is 12.1 Å². The molecule has 0 saturated carbocycles. The molecule has 1 atom stereocenters. The number of esters is 1. The maximum absolute atomic E-state index is 11.5. The molecule has 1 aliphatic rings. The summed E-state index contributed by atoms with van der Waals surface area (Å²) >= 11 is 6.36. The summed E-state index contributed by atoms with van der Waals surface area (Å²) in [5, 5.41) is 9.90. The van der Waals surface area contributed by atoms with Crippen molar-refractivity contribution in [2.45, 2.75) is 38.7 Å². The van der Waals surface area contributed by atoms with Gasteiger partial charge in [0.05, 0.1) is 16.2 Å². The molecule has 0 aromatic rings. The Labute approximate surface area is 112 Å². The molecule has 3 nitrogen and oxygen atoms in total. The average molecular weight is 354 g/mol. The highest BCUT2D eigenvalue weighted by Crippen LogP contribution is 2.34. The van der Waals surface area contributed by atoms with Gasteiger partial charge in [0.2, 0.25) is 0 Å². The van der Waals surface area contributed by atoms with E-state index in [-0.39, 0.29) is 0 Å². The first-order valence-corrected chi connectivity index (χ1v) is 6.93. The third-order valence-corrected chi connectivity index (χ3v) is 3.62. The van der Waals surface area contributed by atoms with Crippen LogP contribution in [0.3, 0.4) is 0 Å². The fourth-order valence-corrected chi connectivity index (χ4v) is 2.76. The van der Waals surface area contributed by atoms with Gasteiger partial charge < -0.3 is 9.84 Å². The van der Waals surface area contributed by atoms with Crippen LogP contribution in [0.15, 0.2) is 20.8 Å². The number of unbranched alkanes of at least 4 members (excludes halogenated alkanes) is 2. The molecule has 1 aliphatic heterocycles. The van der Waals surface area contributed by atoms with Gasteiger partial charge in [-0.15, -0.1) is 0 Å². The summed E-state index contributed by atoms with van der Waals surface area (Å²) in [4.78, 5) is 13.0. The Hall–Kier alpha value is -0.130. The zero-order valence-electron chi connectivity index (χ0n) is 9.00. The van der Waals surface area contributed by atoms with E-state index in [1.165, 1.54) is 4.99 Å². The standard InChI is InChI=1S/C11H14Br2O3/c1-2-3-4-5-7(14)9-10(13)8(6-12)16-11(9)15/h6-7,14H,2-5H2,1H3. The van der Waals surface area contributed by atoms with Crippen molar-refractivity contribution in [3.63, 3.8) is 0 Å². The molecule has 1 rings (SSSR count). The van der Waals surface area contributed by atoms with Crippen molar-refractivity contribution in [3.8, 4) is 0 Å². The third-order valence-electron chi connectivity index (χ3n) is 2.39. The van der Waals surface area contributed by atoms with Crippen LogP contribution >= 0.6 is 31.9 Å². The largest absolute Gasteiger partial charge is 0.421 e. The van der Waals surface area contributed by atoms with Gasteiger partial charge in [0.1, 0.15) is 0 Å². The molecule has 0 aromatic carbocycles. The number of ether oxygens (including phenoxy) is 1. The Morgan fingerprint density at radius 3 is 2.69 bits per heavy atom. The van der Waals surface area contributed by atoms with E-state index in [9.17, 15) is 9.90 Å². The first-order chi connectivity index (χ1) is 7.61. The van der Waals surface area contributed by atoms with E-state index in [1.807, 2.05) is 0 Å². The molecule has 1 unspecified atom stereocenters. The number of halogens is 2. The molecular formula is C11H14Br2O3. The van der Waals surface area contributed by atoms with Gasteiger partial charge in [-0.3, -0.25) is 0 Å². The highest BCUT2D eigenvalue weighted by molar-refractivity contribution is 9.12. The predicted molar refractivity (Wildman–Crippen MR) is 69.2 cm³/mol. The van der Waals surface area contributed by atoms with Gasteiger partial charge >= 0.3 is 5.97 Å². The summed E-state index contributed by atoms with van der Waals surface area (Å²) in [6, 6.07) is 0. The summed E-state index contributed by atoms with van der Waals surface area (Å²) < 4.78 is 5.50. The van der Waals surface area contributed by atoms with Crippen LogP contribution in [0.1, 0.15) is 32.6 Å². The molecule has 1 heterocycles. The normalized spacial score (nSPS) is 20.5. The summed E-state index contributed by atoms with van der Waals surface area (Å²) in [6.07, 6.45) is 2.88. The lowest BCUT2D eigenvalue weighted by Crippen LogP contribution is -2.16. The maximum Gasteiger partial charge on any atom is 0.343 e. The van der Waals surface area contributed by atoms with Crippen molar-refractivity contribution in [1.29, 1.82) is 0 Å². The molecule has 5 heteroatoms. The molecule has 90 valence electrons. The number of allylic oxidation sites excluding steroid dienone is 1. The first-order valence-electron chi connectivity index (χ1n) is 5.22. The molecule has 0 bridgehead atoms. The number of cyclic esters (lactones) is 1. The molecule has 0 radical (unpaired) electrons.